The summed E-state index contributed by atoms with van der Waals surface area (Å²) >= 11 is 0. The first-order chi connectivity index (χ1) is 10.2. The van der Waals surface area contributed by atoms with Crippen molar-refractivity contribution >= 4 is 17.9 Å². The zero-order valence-electron chi connectivity index (χ0n) is 12.4. The number of carboxylic acid groups (broad SMARTS) is 1. The molecule has 0 spiro atoms. The zero-order chi connectivity index (χ0) is 16.7. The molecule has 0 saturated carbocycles. The van der Waals surface area contributed by atoms with Crippen LogP contribution in [0.5, 0.6) is 0 Å². The number of carbonyl (C=O) groups excluding carboxylic acids is 2. The molecule has 7 heteroatoms. The Kier molecular flexibility index (Phi) is 3.63. The molecule has 0 radical (unpaired) electrons. The molecule has 1 saturated heterocycles. The van der Waals surface area contributed by atoms with Crippen LogP contribution < -0.4 is 0 Å². The summed E-state index contributed by atoms with van der Waals surface area (Å²) in [6, 6.07) is 6.36. The van der Waals surface area contributed by atoms with E-state index < -0.39 is 29.5 Å². The lowest BCUT2D eigenvalue weighted by Gasteiger charge is -2.29. The molecule has 1 aromatic rings. The van der Waals surface area contributed by atoms with Crippen LogP contribution in [0.15, 0.2) is 24.3 Å². The molecule has 22 heavy (non-hydrogen) atoms. The SMILES string of the molecule is CC(C(=O)O)N1C(=O)N(C)[C@@](C)(c2ccc(C#N)cc2)C1=O. The Hall–Kier alpha value is -2.88. The van der Waals surface area contributed by atoms with E-state index in [9.17, 15) is 14.4 Å². The van der Waals surface area contributed by atoms with Gasteiger partial charge in [-0.15, -0.1) is 0 Å². The number of hydrogen-bond donors (Lipinski definition) is 1. The predicted molar refractivity (Wildman–Crippen MR) is 75.6 cm³/mol. The summed E-state index contributed by atoms with van der Waals surface area (Å²) in [6.07, 6.45) is 0. The van der Waals surface area contributed by atoms with E-state index in [1.165, 1.54) is 18.9 Å². The average Bonchev–Trinajstić information content (AvgIpc) is 2.68. The summed E-state index contributed by atoms with van der Waals surface area (Å²) in [5, 5.41) is 17.9. The highest BCUT2D eigenvalue weighted by atomic mass is 16.4. The van der Waals surface area contributed by atoms with Crippen molar-refractivity contribution in [2.45, 2.75) is 25.4 Å². The third-order valence-electron chi connectivity index (χ3n) is 4.12. The lowest BCUT2D eigenvalue weighted by molar-refractivity contribution is -0.147. The number of imide groups is 1. The Morgan fingerprint density at radius 3 is 2.32 bits per heavy atom. The van der Waals surface area contributed by atoms with Crippen LogP contribution in [0, 0.1) is 11.3 Å². The second-order valence-corrected chi connectivity index (χ2v) is 5.29. The number of carboxylic acids is 1. The number of aliphatic carboxylic acids is 1. The van der Waals surface area contributed by atoms with E-state index in [2.05, 4.69) is 0 Å². The molecule has 1 unspecified atom stereocenters. The predicted octanol–water partition coefficient (Wildman–Crippen LogP) is 1.14. The van der Waals surface area contributed by atoms with Gasteiger partial charge in [0.15, 0.2) is 0 Å². The lowest BCUT2D eigenvalue weighted by atomic mass is 9.90. The van der Waals surface area contributed by atoms with E-state index in [1.54, 1.807) is 31.2 Å². The van der Waals surface area contributed by atoms with Gasteiger partial charge in [0.25, 0.3) is 5.91 Å². The molecule has 114 valence electrons. The van der Waals surface area contributed by atoms with E-state index in [-0.39, 0.29) is 0 Å². The van der Waals surface area contributed by atoms with Gasteiger partial charge in [-0.2, -0.15) is 5.26 Å². The number of carbonyl (C=O) groups is 3. The van der Waals surface area contributed by atoms with Crippen LogP contribution in [-0.2, 0) is 15.1 Å². The van der Waals surface area contributed by atoms with E-state index >= 15 is 0 Å². The average molecular weight is 301 g/mol. The topological polar surface area (TPSA) is 102 Å². The smallest absolute Gasteiger partial charge is 0.328 e. The fraction of sp³-hybridized carbons (Fsp3) is 0.333. The maximum absolute atomic E-state index is 12.7. The minimum atomic E-state index is -1.30. The van der Waals surface area contributed by atoms with Gasteiger partial charge in [0.05, 0.1) is 11.6 Å². The number of urea groups is 1. The van der Waals surface area contributed by atoms with Gasteiger partial charge < -0.3 is 10.0 Å². The molecular weight excluding hydrogens is 286 g/mol. The van der Waals surface area contributed by atoms with Gasteiger partial charge in [-0.25, -0.2) is 14.5 Å². The van der Waals surface area contributed by atoms with Gasteiger partial charge in [0, 0.05) is 7.05 Å². The van der Waals surface area contributed by atoms with Gasteiger partial charge in [-0.1, -0.05) is 12.1 Å². The van der Waals surface area contributed by atoms with Crippen LogP contribution >= 0.6 is 0 Å². The van der Waals surface area contributed by atoms with Crippen molar-refractivity contribution in [2.75, 3.05) is 7.05 Å². The summed E-state index contributed by atoms with van der Waals surface area (Å²) in [4.78, 5) is 38.1. The number of nitriles is 1. The lowest BCUT2D eigenvalue weighted by Crippen LogP contribution is -2.45. The number of rotatable bonds is 3. The second-order valence-electron chi connectivity index (χ2n) is 5.29. The molecule has 1 aliphatic heterocycles. The molecule has 1 fully saturated rings. The summed E-state index contributed by atoms with van der Waals surface area (Å²) < 4.78 is 0. The largest absolute Gasteiger partial charge is 0.480 e. The first kappa shape index (κ1) is 15.5. The van der Waals surface area contributed by atoms with Crippen LogP contribution in [0.25, 0.3) is 0 Å². The van der Waals surface area contributed by atoms with Gasteiger partial charge >= 0.3 is 12.0 Å². The maximum atomic E-state index is 12.7. The first-order valence-electron chi connectivity index (χ1n) is 6.60. The van der Waals surface area contributed by atoms with Gasteiger partial charge in [0.2, 0.25) is 0 Å². The monoisotopic (exact) mass is 301 g/mol. The molecule has 1 heterocycles. The van der Waals surface area contributed by atoms with E-state index in [0.717, 1.165) is 4.90 Å². The zero-order valence-corrected chi connectivity index (χ0v) is 12.4. The van der Waals surface area contributed by atoms with Crippen molar-refractivity contribution in [1.82, 2.24) is 9.80 Å². The highest BCUT2D eigenvalue weighted by molar-refractivity contribution is 6.09. The van der Waals surface area contributed by atoms with Crippen molar-refractivity contribution < 1.29 is 19.5 Å². The molecule has 1 aliphatic rings. The summed E-state index contributed by atoms with van der Waals surface area (Å²) in [7, 11) is 1.45. The summed E-state index contributed by atoms with van der Waals surface area (Å²) in [5.41, 5.74) is -0.343. The van der Waals surface area contributed by atoms with Gasteiger partial charge in [-0.3, -0.25) is 4.79 Å². The van der Waals surface area contributed by atoms with Crippen LogP contribution in [0.3, 0.4) is 0 Å². The normalized spacial score (nSPS) is 22.6. The molecule has 7 nitrogen and oxygen atoms in total. The highest BCUT2D eigenvalue weighted by Crippen LogP contribution is 2.37. The molecule has 1 N–H and O–H groups in total. The van der Waals surface area contributed by atoms with Gasteiger partial charge in [0.1, 0.15) is 11.6 Å². The van der Waals surface area contributed by atoms with Crippen molar-refractivity contribution in [3.05, 3.63) is 35.4 Å². The van der Waals surface area contributed by atoms with Crippen molar-refractivity contribution in [2.24, 2.45) is 0 Å². The standard InChI is InChI=1S/C15H15N3O4/c1-9(12(19)20)18-13(21)15(2,17(3)14(18)22)11-6-4-10(8-16)5-7-11/h4-7,9H,1-3H3,(H,19,20)/t9?,15-/m0/s1. The highest BCUT2D eigenvalue weighted by Gasteiger charge is 2.55. The molecular formula is C15H15N3O4. The molecule has 2 rings (SSSR count). The Labute approximate surface area is 127 Å². The fourth-order valence-electron chi connectivity index (χ4n) is 2.46. The Morgan fingerprint density at radius 1 is 1.32 bits per heavy atom. The third-order valence-corrected chi connectivity index (χ3v) is 4.12. The Morgan fingerprint density at radius 2 is 1.86 bits per heavy atom. The summed E-state index contributed by atoms with van der Waals surface area (Å²) in [6.45, 7) is 2.85. The van der Waals surface area contributed by atoms with E-state index in [1.807, 2.05) is 6.07 Å². The van der Waals surface area contributed by atoms with E-state index in [4.69, 9.17) is 10.4 Å². The number of hydrogen-bond acceptors (Lipinski definition) is 4. The molecule has 3 amide bonds. The quantitative estimate of drug-likeness (QED) is 0.843. The second kappa shape index (κ2) is 5.15. The van der Waals surface area contributed by atoms with Crippen LogP contribution in [0.2, 0.25) is 0 Å². The van der Waals surface area contributed by atoms with E-state index in [0.29, 0.717) is 11.1 Å². The maximum Gasteiger partial charge on any atom is 0.328 e. The van der Waals surface area contributed by atoms with Gasteiger partial charge in [-0.05, 0) is 31.5 Å². The molecule has 0 bridgehead atoms. The van der Waals surface area contributed by atoms with Crippen LogP contribution in [0.1, 0.15) is 25.0 Å². The number of nitrogens with zero attached hydrogens (tertiary/aromatic N) is 3. The third kappa shape index (κ3) is 2.00. The molecule has 2 atom stereocenters. The number of amides is 3. The minimum absolute atomic E-state index is 0.433. The Bertz CT molecular complexity index is 692. The van der Waals surface area contributed by atoms with Crippen LogP contribution in [0.4, 0.5) is 4.79 Å². The van der Waals surface area contributed by atoms with Crippen LogP contribution in [-0.4, -0.2) is 45.9 Å². The summed E-state index contributed by atoms with van der Waals surface area (Å²) in [5.74, 6) is -1.85. The first-order valence-corrected chi connectivity index (χ1v) is 6.60. The number of benzene rings is 1. The van der Waals surface area contributed by atoms with Crippen molar-refractivity contribution in [1.29, 1.82) is 5.26 Å². The molecule has 0 aromatic heterocycles. The fourth-order valence-corrected chi connectivity index (χ4v) is 2.46. The molecule has 1 aromatic carbocycles. The van der Waals surface area contributed by atoms with Crippen molar-refractivity contribution in [3.63, 3.8) is 0 Å². The Balaban J connectivity index is 2.49. The van der Waals surface area contributed by atoms with Crippen molar-refractivity contribution in [3.8, 4) is 6.07 Å². The minimum Gasteiger partial charge on any atom is -0.480 e. The number of likely N-dealkylation sites (N-methyl/N-ethyl adjacent to an activating group) is 1. The molecule has 0 aliphatic carbocycles.